The van der Waals surface area contributed by atoms with Gasteiger partial charge < -0.3 is 24.7 Å². The number of ether oxygens (including phenoxy) is 1. The summed E-state index contributed by atoms with van der Waals surface area (Å²) >= 11 is 0. The molecule has 0 atom stereocenters. The van der Waals surface area contributed by atoms with Gasteiger partial charge in [0, 0.05) is 41.6 Å². The second-order valence-electron chi connectivity index (χ2n) is 9.98. The van der Waals surface area contributed by atoms with Crippen LogP contribution in [0.2, 0.25) is 0 Å². The highest BCUT2D eigenvalue weighted by molar-refractivity contribution is 6.06. The first-order valence-corrected chi connectivity index (χ1v) is 12.9. The van der Waals surface area contributed by atoms with Crippen LogP contribution in [-0.4, -0.2) is 56.3 Å². The summed E-state index contributed by atoms with van der Waals surface area (Å²) in [7, 11) is 6.17. The van der Waals surface area contributed by atoms with Crippen LogP contribution in [0.1, 0.15) is 25.7 Å². The second-order valence-corrected chi connectivity index (χ2v) is 9.98. The number of anilines is 1. The van der Waals surface area contributed by atoms with E-state index in [-0.39, 0.29) is 5.54 Å². The van der Waals surface area contributed by atoms with Crippen LogP contribution >= 0.6 is 0 Å². The quantitative estimate of drug-likeness (QED) is 0.286. The Labute approximate surface area is 213 Å². The van der Waals surface area contributed by atoms with E-state index in [1.54, 1.807) is 0 Å². The van der Waals surface area contributed by atoms with E-state index in [0.29, 0.717) is 12.3 Å². The number of rotatable bonds is 10. The topological polar surface area (TPSA) is 62.6 Å². The summed E-state index contributed by atoms with van der Waals surface area (Å²) in [6, 6.07) is 20.7. The lowest BCUT2D eigenvalue weighted by molar-refractivity contribution is 0.261. The molecule has 0 radical (unpaired) electrons. The van der Waals surface area contributed by atoms with Gasteiger partial charge in [-0.3, -0.25) is 0 Å². The zero-order valence-corrected chi connectivity index (χ0v) is 21.5. The second kappa shape index (κ2) is 10.7. The van der Waals surface area contributed by atoms with Crippen molar-refractivity contribution in [1.29, 1.82) is 0 Å². The van der Waals surface area contributed by atoms with Crippen molar-refractivity contribution in [2.45, 2.75) is 31.2 Å². The lowest BCUT2D eigenvalue weighted by Crippen LogP contribution is -2.46. The molecule has 1 saturated carbocycles. The van der Waals surface area contributed by atoms with Crippen molar-refractivity contribution in [3.63, 3.8) is 0 Å². The number of benzene rings is 2. The molecule has 2 aromatic heterocycles. The summed E-state index contributed by atoms with van der Waals surface area (Å²) in [4.78, 5) is 6.72. The van der Waals surface area contributed by atoms with Gasteiger partial charge >= 0.3 is 0 Å². The first kappa shape index (κ1) is 24.3. The Morgan fingerprint density at radius 1 is 0.972 bits per heavy atom. The van der Waals surface area contributed by atoms with Crippen LogP contribution in [0.15, 0.2) is 71.3 Å². The largest absolute Gasteiger partial charge is 0.492 e. The van der Waals surface area contributed by atoms with Crippen molar-refractivity contribution < 1.29 is 9.15 Å². The number of pyridine rings is 1. The molecule has 6 heteroatoms. The number of fused-ring (bicyclic) bond motifs is 1. The van der Waals surface area contributed by atoms with Crippen LogP contribution in [0.4, 0.5) is 5.69 Å². The first-order chi connectivity index (χ1) is 17.6. The number of hydrogen-bond donors (Lipinski definition) is 2. The summed E-state index contributed by atoms with van der Waals surface area (Å²) in [5.41, 5.74) is 5.01. The molecule has 5 rings (SSSR count). The minimum atomic E-state index is 0.136. The van der Waals surface area contributed by atoms with Gasteiger partial charge in [0.25, 0.3) is 0 Å². The Bertz CT molecular complexity index is 1280. The van der Waals surface area contributed by atoms with Crippen LogP contribution in [0.25, 0.3) is 33.6 Å². The Morgan fingerprint density at radius 3 is 2.42 bits per heavy atom. The number of furan rings is 1. The van der Waals surface area contributed by atoms with Gasteiger partial charge in [0.05, 0.1) is 5.39 Å². The maximum atomic E-state index is 6.44. The van der Waals surface area contributed by atoms with Crippen molar-refractivity contribution >= 4 is 16.8 Å². The molecule has 2 aromatic carbocycles. The number of likely N-dealkylation sites (N-methyl/N-ethyl adjacent to an activating group) is 2. The zero-order chi connectivity index (χ0) is 25.0. The summed E-state index contributed by atoms with van der Waals surface area (Å²) in [6.07, 6.45) is 6.75. The van der Waals surface area contributed by atoms with Gasteiger partial charge in [-0.1, -0.05) is 43.2 Å². The van der Waals surface area contributed by atoms with Crippen molar-refractivity contribution in [1.82, 2.24) is 15.2 Å². The molecule has 2 N–H and O–H groups in total. The van der Waals surface area contributed by atoms with Crippen LogP contribution < -0.4 is 15.4 Å². The Balaban J connectivity index is 1.53. The van der Waals surface area contributed by atoms with E-state index in [2.05, 4.69) is 70.0 Å². The Kier molecular flexibility index (Phi) is 7.25. The molecule has 36 heavy (non-hydrogen) atoms. The van der Waals surface area contributed by atoms with E-state index in [1.807, 2.05) is 38.5 Å². The van der Waals surface area contributed by atoms with Gasteiger partial charge in [-0.25, -0.2) is 4.98 Å². The Hall–Kier alpha value is -3.35. The van der Waals surface area contributed by atoms with Crippen LogP contribution in [0.5, 0.6) is 5.75 Å². The predicted molar refractivity (Wildman–Crippen MR) is 148 cm³/mol. The molecule has 1 aliphatic rings. The average molecular weight is 485 g/mol. The third kappa shape index (κ3) is 5.11. The third-order valence-corrected chi connectivity index (χ3v) is 7.29. The fourth-order valence-electron chi connectivity index (χ4n) is 5.13. The molecule has 2 heterocycles. The molecule has 1 aliphatic carbocycles. The summed E-state index contributed by atoms with van der Waals surface area (Å²) in [5, 5.41) is 8.36. The van der Waals surface area contributed by atoms with Gasteiger partial charge in [0.1, 0.15) is 18.1 Å². The molecule has 188 valence electrons. The summed E-state index contributed by atoms with van der Waals surface area (Å²) in [5.74, 6) is 1.68. The summed E-state index contributed by atoms with van der Waals surface area (Å²) in [6.45, 7) is 2.40. The number of hydrogen-bond acceptors (Lipinski definition) is 6. The highest BCUT2D eigenvalue weighted by atomic mass is 16.5. The molecule has 0 unspecified atom stereocenters. The predicted octanol–water partition coefficient (Wildman–Crippen LogP) is 6.05. The number of aromatic nitrogens is 1. The first-order valence-electron chi connectivity index (χ1n) is 12.9. The molecular weight excluding hydrogens is 448 g/mol. The van der Waals surface area contributed by atoms with Gasteiger partial charge in [0.15, 0.2) is 0 Å². The zero-order valence-electron chi connectivity index (χ0n) is 21.5. The van der Waals surface area contributed by atoms with E-state index in [9.17, 15) is 0 Å². The highest BCUT2D eigenvalue weighted by Gasteiger charge is 2.32. The lowest BCUT2D eigenvalue weighted by atomic mass is 9.96. The van der Waals surface area contributed by atoms with E-state index in [0.717, 1.165) is 52.4 Å². The van der Waals surface area contributed by atoms with Crippen molar-refractivity contribution in [3.05, 3.63) is 66.9 Å². The minimum Gasteiger partial charge on any atom is -0.492 e. The van der Waals surface area contributed by atoms with E-state index < -0.39 is 0 Å². The molecule has 4 aromatic rings. The SMILES string of the molecule is CNC1(CNc2ccnc3oc(-c4ccc(OCCN(C)C)cc4)c(-c4ccccc4)c23)CCCC1. The number of nitrogens with one attached hydrogen (secondary N) is 2. The van der Waals surface area contributed by atoms with Crippen LogP contribution in [0, 0.1) is 0 Å². The molecule has 6 nitrogen and oxygen atoms in total. The molecular formula is C30H36N4O2. The van der Waals surface area contributed by atoms with Crippen molar-refractivity contribution in [3.8, 4) is 28.2 Å². The van der Waals surface area contributed by atoms with E-state index in [1.165, 1.54) is 25.7 Å². The maximum absolute atomic E-state index is 6.44. The van der Waals surface area contributed by atoms with E-state index >= 15 is 0 Å². The number of nitrogens with zero attached hydrogens (tertiary/aromatic N) is 2. The summed E-state index contributed by atoms with van der Waals surface area (Å²) < 4.78 is 12.3. The van der Waals surface area contributed by atoms with Crippen molar-refractivity contribution in [2.24, 2.45) is 0 Å². The molecule has 0 saturated heterocycles. The van der Waals surface area contributed by atoms with Gasteiger partial charge in [-0.05, 0) is 69.9 Å². The van der Waals surface area contributed by atoms with Crippen LogP contribution in [-0.2, 0) is 0 Å². The fraction of sp³-hybridized carbons (Fsp3) is 0.367. The van der Waals surface area contributed by atoms with E-state index in [4.69, 9.17) is 9.15 Å². The standard InChI is InChI=1S/C30H36N4O2/c1-31-30(16-7-8-17-30)21-33-25-15-18-32-29-27(25)26(22-9-5-4-6-10-22)28(36-29)23-11-13-24(14-12-23)35-20-19-34(2)3/h4-6,9-15,18,31H,7-8,16-17,19-21H2,1-3H3,(H,32,33). The Morgan fingerprint density at radius 2 is 1.72 bits per heavy atom. The van der Waals surface area contributed by atoms with Gasteiger partial charge in [-0.2, -0.15) is 0 Å². The smallest absolute Gasteiger partial charge is 0.229 e. The fourth-order valence-corrected chi connectivity index (χ4v) is 5.13. The normalized spacial score (nSPS) is 15.0. The molecule has 0 aliphatic heterocycles. The average Bonchev–Trinajstić information content (AvgIpc) is 3.54. The molecule has 1 fully saturated rings. The minimum absolute atomic E-state index is 0.136. The van der Waals surface area contributed by atoms with Crippen LogP contribution in [0.3, 0.4) is 0 Å². The van der Waals surface area contributed by atoms with Gasteiger partial charge in [-0.15, -0.1) is 0 Å². The van der Waals surface area contributed by atoms with Gasteiger partial charge in [0.2, 0.25) is 5.71 Å². The highest BCUT2D eigenvalue weighted by Crippen LogP contribution is 2.43. The maximum Gasteiger partial charge on any atom is 0.229 e. The molecule has 0 bridgehead atoms. The monoisotopic (exact) mass is 484 g/mol. The van der Waals surface area contributed by atoms with Crippen molar-refractivity contribution in [2.75, 3.05) is 46.2 Å². The molecule has 0 amide bonds. The molecule has 0 spiro atoms. The third-order valence-electron chi connectivity index (χ3n) is 7.29. The lowest BCUT2D eigenvalue weighted by Gasteiger charge is -2.29.